The molecule has 35 heavy (non-hydrogen) atoms. The van der Waals surface area contributed by atoms with Gasteiger partial charge in [-0.1, -0.05) is 44.5 Å². The van der Waals surface area contributed by atoms with Crippen molar-refractivity contribution in [2.45, 2.75) is 70.7 Å². The van der Waals surface area contributed by atoms with E-state index in [0.29, 0.717) is 12.8 Å². The number of hydrogen-bond acceptors (Lipinski definition) is 5. The maximum absolute atomic E-state index is 12.6. The molecule has 2 aromatic rings. The van der Waals surface area contributed by atoms with E-state index in [9.17, 15) is 23.1 Å². The van der Waals surface area contributed by atoms with E-state index in [1.807, 2.05) is 20.8 Å². The van der Waals surface area contributed by atoms with Crippen LogP contribution in [0.3, 0.4) is 0 Å². The van der Waals surface area contributed by atoms with Crippen LogP contribution in [0.4, 0.5) is 11.4 Å². The number of nitrogens with one attached hydrogen (secondary N) is 3. The van der Waals surface area contributed by atoms with Gasteiger partial charge in [-0.25, -0.2) is 13.1 Å². The minimum atomic E-state index is -3.70. The molecule has 0 aliphatic carbocycles. The molecule has 1 atom stereocenters. The molecule has 10 heteroatoms. The molecule has 2 aromatic carbocycles. The predicted octanol–water partition coefficient (Wildman–Crippen LogP) is 5.07. The monoisotopic (exact) mass is 523 g/mol. The molecule has 2 amide bonds. The van der Waals surface area contributed by atoms with Crippen molar-refractivity contribution in [3.8, 4) is 5.75 Å². The van der Waals surface area contributed by atoms with Crippen LogP contribution < -0.4 is 15.4 Å². The first-order valence-electron chi connectivity index (χ1n) is 11.7. The molecular weight excluding hydrogens is 490 g/mol. The van der Waals surface area contributed by atoms with Crippen molar-refractivity contribution in [3.05, 3.63) is 47.0 Å². The summed E-state index contributed by atoms with van der Waals surface area (Å²) in [6.07, 6.45) is 2.44. The van der Waals surface area contributed by atoms with Crippen LogP contribution in [-0.2, 0) is 26.0 Å². The second kappa shape index (κ2) is 12.9. The molecule has 0 spiro atoms. The van der Waals surface area contributed by atoms with Crippen LogP contribution in [-0.4, -0.2) is 31.4 Å². The number of rotatable bonds is 12. The van der Waals surface area contributed by atoms with Crippen LogP contribution in [0.5, 0.6) is 5.75 Å². The van der Waals surface area contributed by atoms with Crippen molar-refractivity contribution in [3.63, 3.8) is 0 Å². The van der Waals surface area contributed by atoms with Gasteiger partial charge in [-0.05, 0) is 56.4 Å². The topological polar surface area (TPSA) is 125 Å². The third kappa shape index (κ3) is 8.23. The average molecular weight is 524 g/mol. The minimum absolute atomic E-state index is 0.0305. The molecule has 0 saturated carbocycles. The number of halogens is 1. The molecule has 0 aliphatic heterocycles. The number of aryl methyl sites for hydroxylation is 1. The summed E-state index contributed by atoms with van der Waals surface area (Å²) in [5.41, 5.74) is 1.40. The largest absolute Gasteiger partial charge is 0.506 e. The summed E-state index contributed by atoms with van der Waals surface area (Å²) in [6, 6.07) is 8.84. The lowest BCUT2D eigenvalue weighted by Gasteiger charge is -2.16. The van der Waals surface area contributed by atoms with Gasteiger partial charge in [0, 0.05) is 24.4 Å². The molecule has 0 bridgehead atoms. The van der Waals surface area contributed by atoms with Gasteiger partial charge < -0.3 is 15.7 Å². The highest BCUT2D eigenvalue weighted by Gasteiger charge is 2.20. The number of amides is 2. The summed E-state index contributed by atoms with van der Waals surface area (Å²) in [6.45, 7) is 7.50. The van der Waals surface area contributed by atoms with Gasteiger partial charge in [0.2, 0.25) is 21.8 Å². The molecule has 192 valence electrons. The summed E-state index contributed by atoms with van der Waals surface area (Å²) in [4.78, 5) is 24.9. The maximum Gasteiger partial charge on any atom is 0.240 e. The minimum Gasteiger partial charge on any atom is -0.506 e. The van der Waals surface area contributed by atoms with Gasteiger partial charge in [0.1, 0.15) is 5.75 Å². The quantitative estimate of drug-likeness (QED) is 0.289. The second-order valence-corrected chi connectivity index (χ2v) is 10.6. The highest BCUT2D eigenvalue weighted by molar-refractivity contribution is 7.89. The third-order valence-electron chi connectivity index (χ3n) is 5.78. The van der Waals surface area contributed by atoms with Gasteiger partial charge in [0.05, 0.1) is 21.3 Å². The molecule has 4 N–H and O–H groups in total. The van der Waals surface area contributed by atoms with Gasteiger partial charge >= 0.3 is 0 Å². The molecule has 1 unspecified atom stereocenters. The van der Waals surface area contributed by atoms with Crippen molar-refractivity contribution in [2.24, 2.45) is 5.92 Å². The predicted molar refractivity (Wildman–Crippen MR) is 139 cm³/mol. The number of carbonyl (C=O) groups is 2. The Bertz CT molecular complexity index is 1130. The standard InChI is InChI=1S/C25H34ClN3O5S/c1-5-17-9-11-19(12-10-17)35(33,34)29-16(4)8-13-24(31)27-21-15-23(30)22(14-20(21)26)28-25(32)18(6-2)7-3/h9-12,14-16,18,29-30H,5-8,13H2,1-4H3,(H,27,31)(H,28,32). The fraction of sp³-hybridized carbons (Fsp3) is 0.440. The lowest BCUT2D eigenvalue weighted by molar-refractivity contribution is -0.120. The van der Waals surface area contributed by atoms with Crippen molar-refractivity contribution in [1.82, 2.24) is 4.72 Å². The Morgan fingerprint density at radius 2 is 1.63 bits per heavy atom. The molecule has 2 rings (SSSR count). The number of phenols is 1. The number of anilines is 2. The fourth-order valence-electron chi connectivity index (χ4n) is 3.51. The van der Waals surface area contributed by atoms with Crippen molar-refractivity contribution in [2.75, 3.05) is 10.6 Å². The Balaban J connectivity index is 1.94. The van der Waals surface area contributed by atoms with E-state index in [-0.39, 0.29) is 51.7 Å². The molecule has 0 aromatic heterocycles. The van der Waals surface area contributed by atoms with Crippen LogP contribution in [0.25, 0.3) is 0 Å². The Morgan fingerprint density at radius 3 is 2.20 bits per heavy atom. The highest BCUT2D eigenvalue weighted by Crippen LogP contribution is 2.34. The average Bonchev–Trinajstić information content (AvgIpc) is 2.81. The summed E-state index contributed by atoms with van der Waals surface area (Å²) in [7, 11) is -3.70. The van der Waals surface area contributed by atoms with Gasteiger partial charge in [-0.15, -0.1) is 0 Å². The SMILES string of the molecule is CCc1ccc(S(=O)(=O)NC(C)CCC(=O)Nc2cc(O)c(NC(=O)C(CC)CC)cc2Cl)cc1. The number of benzene rings is 2. The molecular formula is C25H34ClN3O5S. The summed E-state index contributed by atoms with van der Waals surface area (Å²) in [5, 5.41) is 15.7. The zero-order chi connectivity index (χ0) is 26.2. The van der Waals surface area contributed by atoms with Gasteiger partial charge in [0.25, 0.3) is 0 Å². The van der Waals surface area contributed by atoms with Crippen LogP contribution in [0.1, 0.15) is 58.9 Å². The fourth-order valence-corrected chi connectivity index (χ4v) is 5.00. The number of aromatic hydroxyl groups is 1. The Hall–Kier alpha value is -2.62. The van der Waals surface area contributed by atoms with E-state index >= 15 is 0 Å². The summed E-state index contributed by atoms with van der Waals surface area (Å²) in [5.74, 6) is -1.00. The molecule has 0 heterocycles. The Labute approximate surface area is 212 Å². The zero-order valence-corrected chi connectivity index (χ0v) is 22.1. The zero-order valence-electron chi connectivity index (χ0n) is 20.5. The van der Waals surface area contributed by atoms with Crippen molar-refractivity contribution >= 4 is 44.8 Å². The van der Waals surface area contributed by atoms with Crippen molar-refractivity contribution < 1.29 is 23.1 Å². The third-order valence-corrected chi connectivity index (χ3v) is 7.69. The van der Waals surface area contributed by atoms with Crippen LogP contribution in [0.2, 0.25) is 5.02 Å². The summed E-state index contributed by atoms with van der Waals surface area (Å²) >= 11 is 6.25. The van der Waals surface area contributed by atoms with Gasteiger partial charge in [0.15, 0.2) is 0 Å². The van der Waals surface area contributed by atoms with E-state index < -0.39 is 22.0 Å². The number of hydrogen-bond donors (Lipinski definition) is 4. The van der Waals surface area contributed by atoms with E-state index in [2.05, 4.69) is 15.4 Å². The van der Waals surface area contributed by atoms with Gasteiger partial charge in [-0.2, -0.15) is 0 Å². The van der Waals surface area contributed by atoms with E-state index in [4.69, 9.17) is 11.6 Å². The number of phenolic OH excluding ortho intramolecular Hbond substituents is 1. The first-order valence-corrected chi connectivity index (χ1v) is 13.6. The first-order chi connectivity index (χ1) is 16.5. The normalized spacial score (nSPS) is 12.4. The Morgan fingerprint density at radius 1 is 1.00 bits per heavy atom. The van der Waals surface area contributed by atoms with Crippen LogP contribution >= 0.6 is 11.6 Å². The van der Waals surface area contributed by atoms with E-state index in [0.717, 1.165) is 12.0 Å². The van der Waals surface area contributed by atoms with Crippen LogP contribution in [0, 0.1) is 5.92 Å². The molecule has 0 radical (unpaired) electrons. The first kappa shape index (κ1) is 28.6. The maximum atomic E-state index is 12.6. The molecule has 0 fully saturated rings. The summed E-state index contributed by atoms with van der Waals surface area (Å²) < 4.78 is 27.7. The smallest absolute Gasteiger partial charge is 0.240 e. The van der Waals surface area contributed by atoms with Gasteiger partial charge in [-0.3, -0.25) is 9.59 Å². The molecule has 0 aliphatic rings. The Kier molecular flexibility index (Phi) is 10.5. The molecule has 8 nitrogen and oxygen atoms in total. The lowest BCUT2D eigenvalue weighted by Crippen LogP contribution is -2.33. The second-order valence-electron chi connectivity index (χ2n) is 8.46. The number of carbonyl (C=O) groups excluding carboxylic acids is 2. The molecule has 0 saturated heterocycles. The van der Waals surface area contributed by atoms with Crippen LogP contribution in [0.15, 0.2) is 41.3 Å². The van der Waals surface area contributed by atoms with E-state index in [1.54, 1.807) is 31.2 Å². The van der Waals surface area contributed by atoms with Crippen molar-refractivity contribution in [1.29, 1.82) is 0 Å². The highest BCUT2D eigenvalue weighted by atomic mass is 35.5. The van der Waals surface area contributed by atoms with E-state index in [1.165, 1.54) is 12.1 Å². The lowest BCUT2D eigenvalue weighted by atomic mass is 10.0. The number of sulfonamides is 1.